The monoisotopic (exact) mass is 256 g/mol. The number of halogens is 1. The molecule has 3 nitrogen and oxygen atoms in total. The Morgan fingerprint density at radius 1 is 1.41 bits per heavy atom. The average Bonchev–Trinajstić information content (AvgIpc) is 2.28. The van der Waals surface area contributed by atoms with Crippen molar-refractivity contribution in [3.63, 3.8) is 0 Å². The van der Waals surface area contributed by atoms with Crippen molar-refractivity contribution in [1.82, 2.24) is 5.43 Å². The standard InChI is InChI=1S/C13H21ClN2O/c1-9(2)13(17-3)12(16-15)8-10-5-4-6-11(14)7-10/h4-7,9,12-13,16H,8,15H2,1-3H3. The van der Waals surface area contributed by atoms with Gasteiger partial charge in [0.05, 0.1) is 12.1 Å². The number of ether oxygens (including phenoxy) is 1. The van der Waals surface area contributed by atoms with E-state index in [1.54, 1.807) is 7.11 Å². The number of methoxy groups -OCH3 is 1. The predicted molar refractivity (Wildman–Crippen MR) is 71.9 cm³/mol. The molecular formula is C13H21ClN2O. The Morgan fingerprint density at radius 3 is 2.59 bits per heavy atom. The summed E-state index contributed by atoms with van der Waals surface area (Å²) in [6.45, 7) is 4.24. The molecule has 0 aliphatic rings. The molecule has 2 unspecified atom stereocenters. The Bertz CT molecular complexity index is 344. The third kappa shape index (κ3) is 4.28. The van der Waals surface area contributed by atoms with Crippen molar-refractivity contribution in [2.45, 2.75) is 32.4 Å². The van der Waals surface area contributed by atoms with E-state index in [2.05, 4.69) is 19.3 Å². The van der Waals surface area contributed by atoms with Crippen LogP contribution in [0.5, 0.6) is 0 Å². The molecular weight excluding hydrogens is 236 g/mol. The number of benzene rings is 1. The summed E-state index contributed by atoms with van der Waals surface area (Å²) in [6.07, 6.45) is 0.882. The lowest BCUT2D eigenvalue weighted by molar-refractivity contribution is 0.0332. The van der Waals surface area contributed by atoms with Crippen LogP contribution in [0.2, 0.25) is 5.02 Å². The van der Waals surface area contributed by atoms with Crippen molar-refractivity contribution in [2.24, 2.45) is 11.8 Å². The van der Waals surface area contributed by atoms with Gasteiger partial charge in [-0.3, -0.25) is 11.3 Å². The maximum atomic E-state index is 5.96. The fourth-order valence-corrected chi connectivity index (χ4v) is 2.30. The molecule has 3 N–H and O–H groups in total. The fraction of sp³-hybridized carbons (Fsp3) is 0.538. The summed E-state index contributed by atoms with van der Waals surface area (Å²) >= 11 is 5.96. The summed E-state index contributed by atoms with van der Waals surface area (Å²) < 4.78 is 5.49. The molecule has 96 valence electrons. The number of hydrogen-bond donors (Lipinski definition) is 2. The van der Waals surface area contributed by atoms with Gasteiger partial charge in [-0.15, -0.1) is 0 Å². The van der Waals surface area contributed by atoms with E-state index >= 15 is 0 Å². The lowest BCUT2D eigenvalue weighted by Crippen LogP contribution is -2.48. The first-order chi connectivity index (χ1) is 8.08. The molecule has 0 spiro atoms. The molecule has 1 rings (SSSR count). The first kappa shape index (κ1) is 14.5. The van der Waals surface area contributed by atoms with Gasteiger partial charge in [0.1, 0.15) is 0 Å². The van der Waals surface area contributed by atoms with Gasteiger partial charge in [0.2, 0.25) is 0 Å². The molecule has 17 heavy (non-hydrogen) atoms. The average molecular weight is 257 g/mol. The third-order valence-electron chi connectivity index (χ3n) is 2.88. The van der Waals surface area contributed by atoms with Crippen LogP contribution >= 0.6 is 11.6 Å². The molecule has 1 aromatic rings. The van der Waals surface area contributed by atoms with Crippen LogP contribution in [-0.2, 0) is 11.2 Å². The minimum Gasteiger partial charge on any atom is -0.380 e. The zero-order valence-corrected chi connectivity index (χ0v) is 11.4. The van der Waals surface area contributed by atoms with Gasteiger partial charge in [-0.05, 0) is 30.0 Å². The smallest absolute Gasteiger partial charge is 0.0763 e. The van der Waals surface area contributed by atoms with Gasteiger partial charge in [0, 0.05) is 12.1 Å². The first-order valence-electron chi connectivity index (χ1n) is 5.81. The molecule has 0 aliphatic heterocycles. The van der Waals surface area contributed by atoms with Crippen LogP contribution in [0.25, 0.3) is 0 Å². The summed E-state index contributed by atoms with van der Waals surface area (Å²) in [6, 6.07) is 7.90. The number of rotatable bonds is 6. The van der Waals surface area contributed by atoms with E-state index in [4.69, 9.17) is 22.2 Å². The zero-order valence-electron chi connectivity index (χ0n) is 10.6. The Morgan fingerprint density at radius 2 is 2.12 bits per heavy atom. The Balaban J connectivity index is 2.75. The topological polar surface area (TPSA) is 47.3 Å². The van der Waals surface area contributed by atoms with E-state index in [0.717, 1.165) is 17.0 Å². The molecule has 0 aromatic heterocycles. The maximum Gasteiger partial charge on any atom is 0.0763 e. The second-order valence-electron chi connectivity index (χ2n) is 4.55. The molecule has 0 fully saturated rings. The SMILES string of the molecule is COC(C(C)C)C(Cc1cccc(Cl)c1)NN. The molecule has 1 aromatic carbocycles. The Hall–Kier alpha value is -0.610. The van der Waals surface area contributed by atoms with E-state index < -0.39 is 0 Å². The van der Waals surface area contributed by atoms with Crippen LogP contribution in [0.1, 0.15) is 19.4 Å². The van der Waals surface area contributed by atoms with Gasteiger partial charge in [-0.2, -0.15) is 0 Å². The summed E-state index contributed by atoms with van der Waals surface area (Å²) in [5, 5.41) is 0.747. The minimum atomic E-state index is 0.0819. The highest BCUT2D eigenvalue weighted by molar-refractivity contribution is 6.30. The van der Waals surface area contributed by atoms with Gasteiger partial charge < -0.3 is 4.74 Å². The van der Waals surface area contributed by atoms with Gasteiger partial charge in [-0.1, -0.05) is 37.6 Å². The van der Waals surface area contributed by atoms with E-state index in [0.29, 0.717) is 5.92 Å². The largest absolute Gasteiger partial charge is 0.380 e. The van der Waals surface area contributed by atoms with Gasteiger partial charge in [0.15, 0.2) is 0 Å². The van der Waals surface area contributed by atoms with Crippen molar-refractivity contribution in [3.8, 4) is 0 Å². The van der Waals surface area contributed by atoms with Crippen molar-refractivity contribution < 1.29 is 4.74 Å². The fourth-order valence-electron chi connectivity index (χ4n) is 2.09. The number of hydrogen-bond acceptors (Lipinski definition) is 3. The molecule has 0 heterocycles. The van der Waals surface area contributed by atoms with E-state index in [-0.39, 0.29) is 12.1 Å². The van der Waals surface area contributed by atoms with E-state index in [1.807, 2.05) is 24.3 Å². The first-order valence-corrected chi connectivity index (χ1v) is 6.19. The molecule has 2 atom stereocenters. The van der Waals surface area contributed by atoms with E-state index in [9.17, 15) is 0 Å². The van der Waals surface area contributed by atoms with Crippen LogP contribution in [0.15, 0.2) is 24.3 Å². The minimum absolute atomic E-state index is 0.0819. The molecule has 0 bridgehead atoms. The van der Waals surface area contributed by atoms with Crippen LogP contribution in [0.3, 0.4) is 0 Å². The van der Waals surface area contributed by atoms with E-state index in [1.165, 1.54) is 0 Å². The number of nitrogens with one attached hydrogen (secondary N) is 1. The number of nitrogens with two attached hydrogens (primary N) is 1. The van der Waals surface area contributed by atoms with Crippen molar-refractivity contribution >= 4 is 11.6 Å². The Kier molecular flexibility index (Phi) is 5.92. The lowest BCUT2D eigenvalue weighted by atomic mass is 9.94. The van der Waals surface area contributed by atoms with Crippen molar-refractivity contribution in [2.75, 3.05) is 7.11 Å². The predicted octanol–water partition coefficient (Wildman–Crippen LogP) is 2.39. The van der Waals surface area contributed by atoms with Crippen molar-refractivity contribution in [1.29, 1.82) is 0 Å². The lowest BCUT2D eigenvalue weighted by Gasteiger charge is -2.28. The highest BCUT2D eigenvalue weighted by atomic mass is 35.5. The van der Waals surface area contributed by atoms with Gasteiger partial charge in [0.25, 0.3) is 0 Å². The zero-order chi connectivity index (χ0) is 12.8. The second-order valence-corrected chi connectivity index (χ2v) is 4.99. The highest BCUT2D eigenvalue weighted by Crippen LogP contribution is 2.17. The van der Waals surface area contributed by atoms with Gasteiger partial charge in [-0.25, -0.2) is 0 Å². The molecule has 0 saturated heterocycles. The normalized spacial score (nSPS) is 14.9. The summed E-state index contributed by atoms with van der Waals surface area (Å²) in [7, 11) is 1.72. The maximum absolute atomic E-state index is 5.96. The summed E-state index contributed by atoms with van der Waals surface area (Å²) in [5.74, 6) is 6.01. The molecule has 0 radical (unpaired) electrons. The molecule has 0 aliphatic carbocycles. The molecule has 0 saturated carbocycles. The second kappa shape index (κ2) is 6.97. The van der Waals surface area contributed by atoms with Crippen LogP contribution in [0.4, 0.5) is 0 Å². The summed E-state index contributed by atoms with van der Waals surface area (Å²) in [5.41, 5.74) is 3.99. The van der Waals surface area contributed by atoms with Crippen LogP contribution in [-0.4, -0.2) is 19.3 Å². The summed E-state index contributed by atoms with van der Waals surface area (Å²) in [4.78, 5) is 0. The Labute approximate surface area is 108 Å². The number of hydrazine groups is 1. The van der Waals surface area contributed by atoms with Crippen LogP contribution in [0, 0.1) is 5.92 Å². The van der Waals surface area contributed by atoms with Gasteiger partial charge >= 0.3 is 0 Å². The molecule has 4 heteroatoms. The molecule has 0 amide bonds. The van der Waals surface area contributed by atoms with Crippen LogP contribution < -0.4 is 11.3 Å². The highest BCUT2D eigenvalue weighted by Gasteiger charge is 2.23. The van der Waals surface area contributed by atoms with Crippen molar-refractivity contribution in [3.05, 3.63) is 34.9 Å². The third-order valence-corrected chi connectivity index (χ3v) is 3.12. The quantitative estimate of drug-likeness (QED) is 0.607.